The summed E-state index contributed by atoms with van der Waals surface area (Å²) < 4.78 is 6.02. The van der Waals surface area contributed by atoms with Crippen LogP contribution in [0.15, 0.2) is 18.2 Å². The second-order valence-electron chi connectivity index (χ2n) is 4.89. The highest BCUT2D eigenvalue weighted by Gasteiger charge is 2.26. The van der Waals surface area contributed by atoms with E-state index in [4.69, 9.17) is 27.9 Å². The van der Waals surface area contributed by atoms with Crippen LogP contribution in [0, 0.1) is 5.92 Å². The van der Waals surface area contributed by atoms with Crippen LogP contribution in [0.4, 0.5) is 0 Å². The minimum Gasteiger partial charge on any atom is -0.489 e. The molecule has 0 aromatic heterocycles. The summed E-state index contributed by atoms with van der Waals surface area (Å²) in [6, 6.07) is 5.39. The summed E-state index contributed by atoms with van der Waals surface area (Å²) in [4.78, 5) is 0. The number of halogens is 2. The highest BCUT2D eigenvalue weighted by molar-refractivity contribution is 6.35. The van der Waals surface area contributed by atoms with Gasteiger partial charge in [0.15, 0.2) is 0 Å². The molecule has 4 heteroatoms. The van der Waals surface area contributed by atoms with E-state index in [0.717, 1.165) is 31.1 Å². The lowest BCUT2D eigenvalue weighted by atomic mass is 10.1. The third kappa shape index (κ3) is 4.34. The number of nitrogens with one attached hydrogen (secondary N) is 1. The van der Waals surface area contributed by atoms with Crippen molar-refractivity contribution < 1.29 is 4.74 Å². The lowest BCUT2D eigenvalue weighted by molar-refractivity contribution is 0.174. The molecule has 1 fully saturated rings. The molecule has 1 aliphatic carbocycles. The van der Waals surface area contributed by atoms with E-state index in [1.54, 1.807) is 6.07 Å². The monoisotopic (exact) mass is 287 g/mol. The van der Waals surface area contributed by atoms with Crippen LogP contribution in [-0.4, -0.2) is 19.7 Å². The van der Waals surface area contributed by atoms with Gasteiger partial charge in [0.05, 0.1) is 5.02 Å². The van der Waals surface area contributed by atoms with Crippen molar-refractivity contribution in [3.63, 3.8) is 0 Å². The normalized spacial score (nSPS) is 16.6. The predicted octanol–water partition coefficient (Wildman–Crippen LogP) is 4.15. The molecule has 0 aliphatic heterocycles. The lowest BCUT2D eigenvalue weighted by Crippen LogP contribution is -2.23. The van der Waals surface area contributed by atoms with Crippen molar-refractivity contribution in [2.45, 2.75) is 31.8 Å². The molecule has 2 rings (SSSR count). The van der Waals surface area contributed by atoms with Gasteiger partial charge < -0.3 is 10.1 Å². The Morgan fingerprint density at radius 1 is 1.39 bits per heavy atom. The third-order valence-corrected chi connectivity index (χ3v) is 3.73. The van der Waals surface area contributed by atoms with Crippen molar-refractivity contribution in [3.05, 3.63) is 28.2 Å². The van der Waals surface area contributed by atoms with E-state index in [0.29, 0.717) is 10.0 Å². The fourth-order valence-electron chi connectivity index (χ4n) is 2.01. The molecule has 1 aromatic carbocycles. The second kappa shape index (κ2) is 6.65. The third-order valence-electron chi connectivity index (χ3n) is 3.20. The molecule has 1 aliphatic rings. The summed E-state index contributed by atoms with van der Waals surface area (Å²) in [6.45, 7) is 0.961. The largest absolute Gasteiger partial charge is 0.489 e. The van der Waals surface area contributed by atoms with Crippen LogP contribution < -0.4 is 10.1 Å². The van der Waals surface area contributed by atoms with Gasteiger partial charge in [0, 0.05) is 5.02 Å². The lowest BCUT2D eigenvalue weighted by Gasteiger charge is -2.20. The smallest absolute Gasteiger partial charge is 0.138 e. The number of hydrogen-bond donors (Lipinski definition) is 1. The fourth-order valence-corrected chi connectivity index (χ4v) is 2.46. The van der Waals surface area contributed by atoms with Crippen molar-refractivity contribution in [3.8, 4) is 5.75 Å². The van der Waals surface area contributed by atoms with E-state index in [-0.39, 0.29) is 6.10 Å². The van der Waals surface area contributed by atoms with E-state index >= 15 is 0 Å². The topological polar surface area (TPSA) is 21.3 Å². The average Bonchev–Trinajstić information content (AvgIpc) is 3.13. The van der Waals surface area contributed by atoms with Gasteiger partial charge in [-0.3, -0.25) is 0 Å². The molecule has 0 radical (unpaired) electrons. The maximum absolute atomic E-state index is 6.13. The summed E-state index contributed by atoms with van der Waals surface area (Å²) in [5, 5.41) is 4.40. The molecule has 18 heavy (non-hydrogen) atoms. The van der Waals surface area contributed by atoms with Crippen LogP contribution in [-0.2, 0) is 0 Å². The van der Waals surface area contributed by atoms with Crippen molar-refractivity contribution in [2.75, 3.05) is 13.6 Å². The molecule has 1 atom stereocenters. The molecular formula is C14H19Cl2NO. The zero-order valence-corrected chi connectivity index (χ0v) is 12.1. The van der Waals surface area contributed by atoms with Crippen LogP contribution >= 0.6 is 23.2 Å². The number of rotatable bonds is 7. The zero-order valence-electron chi connectivity index (χ0n) is 10.6. The molecule has 0 saturated heterocycles. The Kier molecular flexibility index (Phi) is 5.16. The van der Waals surface area contributed by atoms with Crippen molar-refractivity contribution in [1.82, 2.24) is 5.32 Å². The van der Waals surface area contributed by atoms with Crippen LogP contribution in [0.1, 0.15) is 25.7 Å². The molecule has 0 spiro atoms. The van der Waals surface area contributed by atoms with Gasteiger partial charge in [-0.05, 0) is 50.6 Å². The fraction of sp³-hybridized carbons (Fsp3) is 0.571. The molecule has 0 amide bonds. The van der Waals surface area contributed by atoms with Crippen LogP contribution in [0.25, 0.3) is 0 Å². The van der Waals surface area contributed by atoms with E-state index in [1.807, 2.05) is 19.2 Å². The van der Waals surface area contributed by atoms with Crippen LogP contribution in [0.3, 0.4) is 0 Å². The molecule has 100 valence electrons. The second-order valence-corrected chi connectivity index (χ2v) is 5.73. The first-order valence-electron chi connectivity index (χ1n) is 6.45. The Balaban J connectivity index is 1.96. The van der Waals surface area contributed by atoms with Gasteiger partial charge in [0.2, 0.25) is 0 Å². The minimum atomic E-state index is 0.239. The number of ether oxygens (including phenoxy) is 1. The molecular weight excluding hydrogens is 269 g/mol. The van der Waals surface area contributed by atoms with E-state index in [2.05, 4.69) is 5.32 Å². The van der Waals surface area contributed by atoms with Gasteiger partial charge in [-0.2, -0.15) is 0 Å². The Labute approximate surface area is 119 Å². The van der Waals surface area contributed by atoms with Gasteiger partial charge in [-0.15, -0.1) is 0 Å². The first-order valence-corrected chi connectivity index (χ1v) is 7.21. The SMILES string of the molecule is CNCCC(CC1CC1)Oc1ccc(Cl)cc1Cl. The van der Waals surface area contributed by atoms with E-state index in [1.165, 1.54) is 12.8 Å². The summed E-state index contributed by atoms with van der Waals surface area (Å²) in [5.41, 5.74) is 0. The van der Waals surface area contributed by atoms with E-state index in [9.17, 15) is 0 Å². The standard InChI is InChI=1S/C14H19Cl2NO/c1-17-7-6-12(8-10-2-3-10)18-14-5-4-11(15)9-13(14)16/h4-5,9-10,12,17H,2-3,6-8H2,1H3. The van der Waals surface area contributed by atoms with Gasteiger partial charge in [0.25, 0.3) is 0 Å². The van der Waals surface area contributed by atoms with Gasteiger partial charge in [-0.1, -0.05) is 36.0 Å². The van der Waals surface area contributed by atoms with Crippen molar-refractivity contribution >= 4 is 23.2 Å². The summed E-state index contributed by atoms with van der Waals surface area (Å²) in [6.07, 6.45) is 5.05. The van der Waals surface area contributed by atoms with Gasteiger partial charge in [0.1, 0.15) is 11.9 Å². The number of benzene rings is 1. The molecule has 2 nitrogen and oxygen atoms in total. The van der Waals surface area contributed by atoms with Crippen molar-refractivity contribution in [2.24, 2.45) is 5.92 Å². The Hall–Kier alpha value is -0.440. The average molecular weight is 288 g/mol. The molecule has 1 unspecified atom stereocenters. The maximum Gasteiger partial charge on any atom is 0.138 e. The Morgan fingerprint density at radius 3 is 2.78 bits per heavy atom. The summed E-state index contributed by atoms with van der Waals surface area (Å²) in [7, 11) is 1.96. The molecule has 1 N–H and O–H groups in total. The Bertz CT molecular complexity index is 393. The zero-order chi connectivity index (χ0) is 13.0. The number of hydrogen-bond acceptors (Lipinski definition) is 2. The highest BCUT2D eigenvalue weighted by Crippen LogP contribution is 2.36. The summed E-state index contributed by atoms with van der Waals surface area (Å²) in [5.74, 6) is 1.58. The maximum atomic E-state index is 6.13. The quantitative estimate of drug-likeness (QED) is 0.813. The molecule has 1 saturated carbocycles. The summed E-state index contributed by atoms with van der Waals surface area (Å²) >= 11 is 12.0. The minimum absolute atomic E-state index is 0.239. The van der Waals surface area contributed by atoms with Gasteiger partial charge in [-0.25, -0.2) is 0 Å². The first-order chi connectivity index (χ1) is 8.69. The molecule has 0 heterocycles. The van der Waals surface area contributed by atoms with Crippen molar-refractivity contribution in [1.29, 1.82) is 0 Å². The molecule has 1 aromatic rings. The van der Waals surface area contributed by atoms with Crippen LogP contribution in [0.2, 0.25) is 10.0 Å². The first kappa shape index (κ1) is 14.0. The predicted molar refractivity (Wildman–Crippen MR) is 76.8 cm³/mol. The van der Waals surface area contributed by atoms with Gasteiger partial charge >= 0.3 is 0 Å². The van der Waals surface area contributed by atoms with Crippen LogP contribution in [0.5, 0.6) is 5.75 Å². The molecule has 0 bridgehead atoms. The van der Waals surface area contributed by atoms with E-state index < -0.39 is 0 Å². The highest BCUT2D eigenvalue weighted by atomic mass is 35.5. The Morgan fingerprint density at radius 2 is 2.17 bits per heavy atom.